The van der Waals surface area contributed by atoms with Crippen molar-refractivity contribution in [2.45, 2.75) is 5.51 Å². The second-order valence-corrected chi connectivity index (χ2v) is 5.04. The number of sulfone groups is 1. The van der Waals surface area contributed by atoms with E-state index >= 15 is 0 Å². The molecular formula is C3H7F3O4S2. The van der Waals surface area contributed by atoms with Crippen molar-refractivity contribution in [1.29, 1.82) is 1.12 Å². The Hall–Kier alpha value is -0.310. The maximum Gasteiger partial charge on any atom is 0.494 e. The van der Waals surface area contributed by atoms with Crippen LogP contribution in [0.3, 0.4) is 0 Å². The summed E-state index contributed by atoms with van der Waals surface area (Å²) in [5.74, 6) is 0. The van der Waals surface area contributed by atoms with Gasteiger partial charge in [-0.05, 0) is 0 Å². The first-order valence-corrected chi connectivity index (χ1v) is 5.63. The highest BCUT2D eigenvalue weighted by Crippen LogP contribution is 2.13. The molecule has 76 valence electrons. The van der Waals surface area contributed by atoms with E-state index in [9.17, 15) is 30.0 Å². The lowest BCUT2D eigenvalue weighted by atomic mass is 11.6. The van der Waals surface area contributed by atoms with Gasteiger partial charge in [-0.1, -0.05) is 0 Å². The molecule has 0 fully saturated rings. The Balaban J connectivity index is 0. The Morgan fingerprint density at radius 1 is 1.25 bits per heavy atom. The van der Waals surface area contributed by atoms with Crippen LogP contribution in [0.25, 0.3) is 0 Å². The van der Waals surface area contributed by atoms with E-state index in [2.05, 4.69) is 0 Å². The van der Waals surface area contributed by atoms with Crippen molar-refractivity contribution in [3.8, 4) is 0 Å². The molecule has 9 heteroatoms. The van der Waals surface area contributed by atoms with E-state index in [1.807, 2.05) is 0 Å². The average molecular weight is 229 g/mol. The van der Waals surface area contributed by atoms with Gasteiger partial charge >= 0.3 is 5.51 Å². The monoisotopic (exact) mass is 229 g/mol. The summed E-state index contributed by atoms with van der Waals surface area (Å²) in [5.41, 5.74) is -5.42. The summed E-state index contributed by atoms with van der Waals surface area (Å²) in [6.45, 7) is 0. The molecule has 0 aromatic heterocycles. The predicted molar refractivity (Wildman–Crippen MR) is 37.1 cm³/mol. The van der Waals surface area contributed by atoms with Crippen molar-refractivity contribution in [1.82, 2.24) is 0 Å². The zero-order valence-corrected chi connectivity index (χ0v) is 7.72. The number of hydrogen-bond donors (Lipinski definition) is 1. The predicted octanol–water partition coefficient (Wildman–Crippen LogP) is -0.222. The highest BCUT2D eigenvalue weighted by atomic mass is 32.2. The standard InChI is InChI=1S/C2H6O2S.CHF3O2S/c1-5(2,3)4;2-1(3,4)7(5)6/h1-2H3;7H/i;7D. The second kappa shape index (κ2) is 4.65. The van der Waals surface area contributed by atoms with Crippen molar-refractivity contribution >= 4 is 20.4 Å². The van der Waals surface area contributed by atoms with Crippen molar-refractivity contribution < 1.29 is 30.0 Å². The Morgan fingerprint density at radius 3 is 1.33 bits per heavy atom. The van der Waals surface area contributed by atoms with Gasteiger partial charge in [0.05, 0.1) is 0 Å². The normalized spacial score (nSPS) is 14.2. The lowest BCUT2D eigenvalue weighted by Gasteiger charge is -1.89. The van der Waals surface area contributed by atoms with Crippen LogP contribution in [0.4, 0.5) is 13.2 Å². The summed E-state index contributed by atoms with van der Waals surface area (Å²) in [6, 6.07) is 0. The number of thiol groups is 1. The van der Waals surface area contributed by atoms with Crippen LogP contribution in [-0.2, 0) is 20.4 Å². The molecule has 0 radical (unpaired) electrons. The molecule has 0 saturated heterocycles. The van der Waals surface area contributed by atoms with Gasteiger partial charge in [0.15, 0.2) is 1.12 Å². The van der Waals surface area contributed by atoms with Crippen molar-refractivity contribution in [2.24, 2.45) is 0 Å². The molecule has 0 aliphatic rings. The number of hydrogen-bond acceptors (Lipinski definition) is 4. The highest BCUT2D eigenvalue weighted by Gasteiger charge is 2.31. The van der Waals surface area contributed by atoms with Crippen molar-refractivity contribution in [3.63, 3.8) is 0 Å². The fourth-order valence-corrected chi connectivity index (χ4v) is 0. The Labute approximate surface area is 70.3 Å². The van der Waals surface area contributed by atoms with Crippen LogP contribution >= 0.6 is 0 Å². The maximum atomic E-state index is 10.8. The van der Waals surface area contributed by atoms with Crippen LogP contribution < -0.4 is 0 Å². The number of halogens is 3. The minimum atomic E-state index is -5.59. The van der Waals surface area contributed by atoms with Crippen LogP contribution in [0.5, 0.6) is 0 Å². The minimum absolute atomic E-state index is 1.16. The van der Waals surface area contributed by atoms with E-state index in [0.29, 0.717) is 0 Å². The highest BCUT2D eigenvalue weighted by molar-refractivity contribution is 7.89. The summed E-state index contributed by atoms with van der Waals surface area (Å²) in [7, 11) is -8.26. The lowest BCUT2D eigenvalue weighted by Crippen LogP contribution is -2.07. The Morgan fingerprint density at radius 2 is 1.33 bits per heavy atom. The fraction of sp³-hybridized carbons (Fsp3) is 1.00. The summed E-state index contributed by atoms with van der Waals surface area (Å²) >= 11 is 0. The first-order valence-electron chi connectivity index (χ1n) is 2.66. The lowest BCUT2D eigenvalue weighted by molar-refractivity contribution is -0.0398. The van der Waals surface area contributed by atoms with Gasteiger partial charge < -0.3 is 0 Å². The molecule has 0 amide bonds. The third kappa shape index (κ3) is 22.6. The van der Waals surface area contributed by atoms with Crippen LogP contribution in [0.15, 0.2) is 0 Å². The van der Waals surface area contributed by atoms with Crippen molar-refractivity contribution in [2.75, 3.05) is 12.5 Å². The largest absolute Gasteiger partial charge is 0.494 e. The summed E-state index contributed by atoms with van der Waals surface area (Å²) in [5, 5.41) is 0. The molecule has 0 rings (SSSR count). The zero-order chi connectivity index (χ0) is 11.5. The van der Waals surface area contributed by atoms with E-state index < -0.39 is 26.0 Å². The molecule has 0 unspecified atom stereocenters. The number of alkyl halides is 3. The Kier molecular flexibility index (Phi) is 4.53. The summed E-state index contributed by atoms with van der Waals surface area (Å²) in [4.78, 5) is 0. The molecule has 0 saturated carbocycles. The molecule has 0 spiro atoms. The van der Waals surface area contributed by atoms with E-state index in [1.54, 1.807) is 0 Å². The smallest absolute Gasteiger partial charge is 0.229 e. The molecule has 12 heavy (non-hydrogen) atoms. The van der Waals surface area contributed by atoms with E-state index in [1.165, 1.54) is 0 Å². The molecular weight excluding hydrogens is 221 g/mol. The quantitative estimate of drug-likeness (QED) is 0.583. The molecule has 0 N–H and O–H groups in total. The van der Waals surface area contributed by atoms with Gasteiger partial charge in [-0.2, -0.15) is 13.2 Å². The molecule has 0 aliphatic carbocycles. The van der Waals surface area contributed by atoms with Gasteiger partial charge in [0.25, 0.3) is 0 Å². The maximum absolute atomic E-state index is 10.8. The fourth-order valence-electron chi connectivity index (χ4n) is 0. The van der Waals surface area contributed by atoms with E-state index in [0.717, 1.165) is 12.5 Å². The third-order valence-corrected chi connectivity index (χ3v) is 0.567. The van der Waals surface area contributed by atoms with E-state index in [4.69, 9.17) is 1.12 Å². The zero-order valence-electron chi connectivity index (χ0n) is 7.08. The molecule has 4 nitrogen and oxygen atoms in total. The van der Waals surface area contributed by atoms with Crippen molar-refractivity contribution in [3.05, 3.63) is 0 Å². The van der Waals surface area contributed by atoms with Gasteiger partial charge in [0.2, 0.25) is 10.6 Å². The van der Waals surface area contributed by atoms with Gasteiger partial charge in [0, 0.05) is 12.5 Å². The first-order chi connectivity index (χ1) is 5.25. The van der Waals surface area contributed by atoms with Gasteiger partial charge in [-0.25, -0.2) is 16.8 Å². The van der Waals surface area contributed by atoms with Crippen LogP contribution in [0, 0.1) is 0 Å². The summed E-state index contributed by atoms with van der Waals surface area (Å²) < 4.78 is 75.4. The SMILES string of the molecule is CS(C)(=O)=O.[2H]S(=O)(=O)C(F)(F)F. The van der Waals surface area contributed by atoms with Gasteiger partial charge in [0.1, 0.15) is 9.84 Å². The molecule has 0 aromatic rings. The molecule has 0 bridgehead atoms. The van der Waals surface area contributed by atoms with Crippen LogP contribution in [0.2, 0.25) is 0 Å². The molecule has 0 heterocycles. The third-order valence-electron chi connectivity index (χ3n) is 0.189. The number of rotatable bonds is 0. The van der Waals surface area contributed by atoms with Gasteiger partial charge in [-0.3, -0.25) is 0 Å². The molecule has 0 aliphatic heterocycles. The average Bonchev–Trinajstić information content (AvgIpc) is 1.50. The second-order valence-electron chi connectivity index (χ2n) is 1.82. The van der Waals surface area contributed by atoms with Crippen LogP contribution in [-0.4, -0.2) is 36.0 Å². The topological polar surface area (TPSA) is 68.3 Å². The minimum Gasteiger partial charge on any atom is -0.229 e. The Bertz CT molecular complexity index is 331. The van der Waals surface area contributed by atoms with E-state index in [-0.39, 0.29) is 0 Å². The first kappa shape index (κ1) is 11.7. The van der Waals surface area contributed by atoms with Crippen LogP contribution in [0.1, 0.15) is 0 Å². The van der Waals surface area contributed by atoms with Gasteiger partial charge in [-0.15, -0.1) is 0 Å². The molecule has 0 atom stereocenters. The summed E-state index contributed by atoms with van der Waals surface area (Å²) in [6.07, 6.45) is 2.32. The molecule has 0 aromatic carbocycles.